The van der Waals surface area contributed by atoms with Gasteiger partial charge in [0.05, 0.1) is 11.5 Å². The van der Waals surface area contributed by atoms with E-state index in [1.54, 1.807) is 16.7 Å². The van der Waals surface area contributed by atoms with Crippen LogP contribution in [0, 0.1) is 34.5 Å². The Bertz CT molecular complexity index is 705. The van der Waals surface area contributed by atoms with Crippen molar-refractivity contribution in [1.29, 1.82) is 0 Å². The third-order valence-corrected chi connectivity index (χ3v) is 8.24. The lowest BCUT2D eigenvalue weighted by Gasteiger charge is -2.51. The molecule has 0 aromatic heterocycles. The van der Waals surface area contributed by atoms with Gasteiger partial charge in [-0.3, -0.25) is 4.79 Å². The number of hydrogen-bond donors (Lipinski definition) is 0. The van der Waals surface area contributed by atoms with Crippen LogP contribution in [-0.4, -0.2) is 12.1 Å². The lowest BCUT2D eigenvalue weighted by molar-refractivity contribution is -0.168. The van der Waals surface area contributed by atoms with Crippen LogP contribution in [0.3, 0.4) is 0 Å². The molecule has 0 amide bonds. The van der Waals surface area contributed by atoms with E-state index in [9.17, 15) is 4.79 Å². The van der Waals surface area contributed by atoms with Crippen LogP contribution < -0.4 is 0 Å². The monoisotopic (exact) mass is 414 g/mol. The fourth-order valence-corrected chi connectivity index (χ4v) is 6.48. The minimum absolute atomic E-state index is 0.0212. The van der Waals surface area contributed by atoms with Crippen LogP contribution in [0.4, 0.5) is 0 Å². The Balaban J connectivity index is 1.96. The molecule has 0 spiro atoms. The van der Waals surface area contributed by atoms with Gasteiger partial charge in [-0.2, -0.15) is 0 Å². The molecule has 0 heterocycles. The van der Waals surface area contributed by atoms with Crippen LogP contribution in [0.25, 0.3) is 0 Å². The van der Waals surface area contributed by atoms with Crippen molar-refractivity contribution in [3.05, 3.63) is 22.8 Å². The molecule has 170 valence electrons. The number of allylic oxidation sites excluding steroid dienone is 4. The van der Waals surface area contributed by atoms with E-state index in [1.165, 1.54) is 19.3 Å². The average molecular weight is 415 g/mol. The summed E-state index contributed by atoms with van der Waals surface area (Å²) in [5.41, 5.74) is 4.99. The smallest absolute Gasteiger partial charge is 0.312 e. The Kier molecular flexibility index (Phi) is 6.95. The Hall–Kier alpha value is -1.05. The second-order valence-corrected chi connectivity index (χ2v) is 12.2. The highest BCUT2D eigenvalue weighted by molar-refractivity contribution is 5.77. The summed E-state index contributed by atoms with van der Waals surface area (Å²) in [7, 11) is 0. The first-order valence-corrected chi connectivity index (χ1v) is 12.6. The van der Waals surface area contributed by atoms with E-state index in [4.69, 9.17) is 4.74 Å². The first-order valence-electron chi connectivity index (χ1n) is 12.6. The zero-order chi connectivity index (χ0) is 22.3. The number of carbonyl (C=O) groups is 1. The van der Waals surface area contributed by atoms with Gasteiger partial charge >= 0.3 is 5.97 Å². The fraction of sp³-hybridized carbons (Fsp3) is 0.821. The van der Waals surface area contributed by atoms with Gasteiger partial charge in [-0.25, -0.2) is 0 Å². The van der Waals surface area contributed by atoms with E-state index in [0.29, 0.717) is 29.1 Å². The normalized spacial score (nSPS) is 33.0. The van der Waals surface area contributed by atoms with Crippen LogP contribution in [0.5, 0.6) is 0 Å². The largest absolute Gasteiger partial charge is 0.462 e. The maximum atomic E-state index is 13.3. The number of fused-ring (bicyclic) bond motifs is 2. The van der Waals surface area contributed by atoms with E-state index in [2.05, 4.69) is 54.5 Å². The predicted octanol–water partition coefficient (Wildman–Crippen LogP) is 7.88. The maximum absolute atomic E-state index is 13.3. The van der Waals surface area contributed by atoms with Crippen LogP contribution in [0.1, 0.15) is 107 Å². The highest BCUT2D eigenvalue weighted by Crippen LogP contribution is 2.57. The topological polar surface area (TPSA) is 26.3 Å². The minimum Gasteiger partial charge on any atom is -0.462 e. The first kappa shape index (κ1) is 23.6. The Morgan fingerprint density at radius 3 is 2.53 bits per heavy atom. The summed E-state index contributed by atoms with van der Waals surface area (Å²) in [5.74, 6) is 2.34. The van der Waals surface area contributed by atoms with Crippen molar-refractivity contribution in [2.45, 2.75) is 113 Å². The zero-order valence-electron chi connectivity index (χ0n) is 20.9. The number of esters is 1. The number of hydrogen-bond acceptors (Lipinski definition) is 2. The zero-order valence-corrected chi connectivity index (χ0v) is 20.9. The molecular formula is C28H46O2. The Morgan fingerprint density at radius 2 is 1.93 bits per heavy atom. The summed E-state index contributed by atoms with van der Waals surface area (Å²) in [6, 6.07) is 0. The molecule has 5 unspecified atom stereocenters. The molecule has 5 atom stereocenters. The van der Waals surface area contributed by atoms with Crippen LogP contribution >= 0.6 is 0 Å². The van der Waals surface area contributed by atoms with Crippen LogP contribution in [0.15, 0.2) is 22.8 Å². The summed E-state index contributed by atoms with van der Waals surface area (Å²) in [6.07, 6.45) is 11.6. The quantitative estimate of drug-likeness (QED) is 0.428. The van der Waals surface area contributed by atoms with E-state index in [1.807, 2.05) is 6.92 Å². The molecule has 3 aliphatic carbocycles. The maximum Gasteiger partial charge on any atom is 0.312 e. The Labute approximate surface area is 185 Å². The molecule has 0 aromatic rings. The molecule has 0 aromatic carbocycles. The van der Waals surface area contributed by atoms with Crippen molar-refractivity contribution in [2.24, 2.45) is 34.5 Å². The van der Waals surface area contributed by atoms with Crippen molar-refractivity contribution in [1.82, 2.24) is 0 Å². The third-order valence-electron chi connectivity index (χ3n) is 8.24. The average Bonchev–Trinajstić information content (AvgIpc) is 2.66. The van der Waals surface area contributed by atoms with Crippen molar-refractivity contribution >= 4 is 5.97 Å². The molecule has 30 heavy (non-hydrogen) atoms. The van der Waals surface area contributed by atoms with E-state index < -0.39 is 0 Å². The highest BCUT2D eigenvalue weighted by atomic mass is 16.5. The van der Waals surface area contributed by atoms with Gasteiger partial charge in [0.15, 0.2) is 0 Å². The van der Waals surface area contributed by atoms with Gasteiger partial charge < -0.3 is 4.74 Å². The summed E-state index contributed by atoms with van der Waals surface area (Å²) < 4.78 is 5.92. The Morgan fingerprint density at radius 1 is 1.23 bits per heavy atom. The molecule has 3 aliphatic rings. The van der Waals surface area contributed by atoms with Crippen LogP contribution in [-0.2, 0) is 9.53 Å². The standard InChI is InChI=1S/C28H46O2/c1-9-19(4)30-26(29)28(8)14-10-11-23-24(28)13-12-20-15-21(18(2)3)16-22(25(20)23)17-27(5,6)7/h15,18-19,22-24H,9-14,16-17H2,1-8H3. The predicted molar refractivity (Wildman–Crippen MR) is 126 cm³/mol. The molecule has 0 radical (unpaired) electrons. The summed E-state index contributed by atoms with van der Waals surface area (Å²) >= 11 is 0. The minimum atomic E-state index is -0.320. The van der Waals surface area contributed by atoms with Crippen molar-refractivity contribution in [3.63, 3.8) is 0 Å². The molecular weight excluding hydrogens is 368 g/mol. The molecule has 0 bridgehead atoms. The van der Waals surface area contributed by atoms with Gasteiger partial charge in [-0.1, -0.05) is 65.2 Å². The van der Waals surface area contributed by atoms with Gasteiger partial charge in [0.2, 0.25) is 0 Å². The second-order valence-electron chi connectivity index (χ2n) is 12.2. The van der Waals surface area contributed by atoms with Gasteiger partial charge in [0, 0.05) is 0 Å². The van der Waals surface area contributed by atoms with Gasteiger partial charge in [-0.05, 0) is 93.5 Å². The van der Waals surface area contributed by atoms with Crippen molar-refractivity contribution in [2.75, 3.05) is 0 Å². The number of ether oxygens (including phenoxy) is 1. The van der Waals surface area contributed by atoms with Crippen molar-refractivity contribution < 1.29 is 9.53 Å². The van der Waals surface area contributed by atoms with Gasteiger partial charge in [-0.15, -0.1) is 0 Å². The molecule has 0 aliphatic heterocycles. The first-order chi connectivity index (χ1) is 14.0. The molecule has 1 fully saturated rings. The SMILES string of the molecule is CCC(C)OC(=O)C1(C)CCCC2C3=C(C=C(C(C)C)CC3CC(C)(C)C)CCC21. The highest BCUT2D eigenvalue weighted by Gasteiger charge is 2.52. The van der Waals surface area contributed by atoms with Crippen LogP contribution in [0.2, 0.25) is 0 Å². The summed E-state index contributed by atoms with van der Waals surface area (Å²) in [6.45, 7) is 18.2. The lowest BCUT2D eigenvalue weighted by atomic mass is 9.53. The van der Waals surface area contributed by atoms with Gasteiger partial charge in [0.1, 0.15) is 0 Å². The van der Waals surface area contributed by atoms with Gasteiger partial charge in [0.25, 0.3) is 0 Å². The second kappa shape index (κ2) is 8.83. The fourth-order valence-electron chi connectivity index (χ4n) is 6.48. The molecule has 3 rings (SSSR count). The molecule has 2 heteroatoms. The number of rotatable bonds is 5. The summed E-state index contributed by atoms with van der Waals surface area (Å²) in [4.78, 5) is 13.3. The molecule has 2 nitrogen and oxygen atoms in total. The van der Waals surface area contributed by atoms with E-state index in [0.717, 1.165) is 32.1 Å². The number of carbonyl (C=O) groups excluding carboxylic acids is 1. The summed E-state index contributed by atoms with van der Waals surface area (Å²) in [5, 5.41) is 0. The van der Waals surface area contributed by atoms with E-state index >= 15 is 0 Å². The molecule has 1 saturated carbocycles. The molecule has 0 N–H and O–H groups in total. The molecule has 0 saturated heterocycles. The van der Waals surface area contributed by atoms with Crippen molar-refractivity contribution in [3.8, 4) is 0 Å². The lowest BCUT2D eigenvalue weighted by Crippen LogP contribution is -2.47. The third kappa shape index (κ3) is 4.73. The van der Waals surface area contributed by atoms with E-state index in [-0.39, 0.29) is 17.5 Å².